The summed E-state index contributed by atoms with van der Waals surface area (Å²) in [7, 11) is 1.66. The van der Waals surface area contributed by atoms with Crippen molar-refractivity contribution in [3.05, 3.63) is 76.0 Å². The summed E-state index contributed by atoms with van der Waals surface area (Å²) in [5.41, 5.74) is 1.59. The maximum atomic E-state index is 13.2. The Bertz CT molecular complexity index is 978. The molecule has 1 aliphatic rings. The third-order valence-corrected chi connectivity index (χ3v) is 4.81. The number of likely N-dealkylation sites (N-methyl/N-ethyl adjacent to an activating group) is 1. The van der Waals surface area contributed by atoms with Crippen molar-refractivity contribution in [1.82, 2.24) is 4.98 Å². The number of carbonyl (C=O) groups excluding carboxylic acids is 1. The highest BCUT2D eigenvalue weighted by Gasteiger charge is 2.55. The molecule has 2 heterocycles. The lowest BCUT2D eigenvalue weighted by Crippen LogP contribution is -2.44. The number of nitro groups is 1. The molecule has 3 aromatic rings. The van der Waals surface area contributed by atoms with Gasteiger partial charge in [-0.25, -0.2) is 0 Å². The van der Waals surface area contributed by atoms with Crippen LogP contribution in [0.3, 0.4) is 0 Å². The monoisotopic (exact) mass is 321 g/mol. The van der Waals surface area contributed by atoms with Crippen molar-refractivity contribution in [3.8, 4) is 0 Å². The lowest BCUT2D eigenvalue weighted by Gasteiger charge is -2.24. The number of para-hydroxylation sites is 2. The first-order valence-corrected chi connectivity index (χ1v) is 7.62. The molecule has 1 amide bonds. The van der Waals surface area contributed by atoms with Crippen molar-refractivity contribution in [2.24, 2.45) is 0 Å². The third-order valence-electron chi connectivity index (χ3n) is 4.81. The summed E-state index contributed by atoms with van der Waals surface area (Å²) in [5, 5.41) is 12.3. The smallest absolute Gasteiger partial charge is 0.248 e. The molecule has 2 aromatic carbocycles. The molecule has 1 aliphatic heterocycles. The van der Waals surface area contributed by atoms with E-state index in [1.165, 1.54) is 4.90 Å². The fraction of sp³-hybridized carbons (Fsp3) is 0.167. The van der Waals surface area contributed by atoms with Crippen LogP contribution in [-0.2, 0) is 10.2 Å². The van der Waals surface area contributed by atoms with Crippen LogP contribution in [0, 0.1) is 10.1 Å². The zero-order valence-electron chi connectivity index (χ0n) is 13.0. The summed E-state index contributed by atoms with van der Waals surface area (Å²) >= 11 is 0. The standard InChI is InChI=1S/C18H15N3O3/c1-20-16-9-5-3-7-13(16)18(17(20)22,11-21(23)24)14-10-19-15-8-4-2-6-12(14)15/h2-10,19H,11H2,1H3. The Morgan fingerprint density at radius 1 is 1.12 bits per heavy atom. The van der Waals surface area contributed by atoms with Crippen LogP contribution in [0.5, 0.6) is 0 Å². The first kappa shape index (κ1) is 14.4. The summed E-state index contributed by atoms with van der Waals surface area (Å²) < 4.78 is 0. The fourth-order valence-corrected chi connectivity index (χ4v) is 3.75. The van der Waals surface area contributed by atoms with E-state index in [2.05, 4.69) is 4.98 Å². The van der Waals surface area contributed by atoms with Crippen molar-refractivity contribution in [2.45, 2.75) is 5.41 Å². The van der Waals surface area contributed by atoms with E-state index in [4.69, 9.17) is 0 Å². The molecule has 24 heavy (non-hydrogen) atoms. The molecule has 1 N–H and O–H groups in total. The molecule has 0 spiro atoms. The van der Waals surface area contributed by atoms with Crippen LogP contribution in [0.1, 0.15) is 11.1 Å². The van der Waals surface area contributed by atoms with Gasteiger partial charge in [0.1, 0.15) is 0 Å². The van der Waals surface area contributed by atoms with Gasteiger partial charge in [-0.15, -0.1) is 0 Å². The van der Waals surface area contributed by atoms with E-state index in [1.54, 1.807) is 13.2 Å². The fourth-order valence-electron chi connectivity index (χ4n) is 3.75. The number of rotatable bonds is 3. The first-order valence-electron chi connectivity index (χ1n) is 7.62. The van der Waals surface area contributed by atoms with Crippen molar-refractivity contribution >= 4 is 22.5 Å². The van der Waals surface area contributed by atoms with E-state index in [0.717, 1.165) is 16.6 Å². The van der Waals surface area contributed by atoms with Crippen LogP contribution >= 0.6 is 0 Å². The predicted octanol–water partition coefficient (Wildman–Crippen LogP) is 2.71. The largest absolute Gasteiger partial charge is 0.361 e. The highest BCUT2D eigenvalue weighted by atomic mass is 16.6. The minimum atomic E-state index is -1.31. The molecule has 120 valence electrons. The number of hydrogen-bond acceptors (Lipinski definition) is 3. The molecule has 0 fully saturated rings. The van der Waals surface area contributed by atoms with Crippen molar-refractivity contribution in [1.29, 1.82) is 0 Å². The molecule has 0 saturated carbocycles. The molecule has 6 nitrogen and oxygen atoms in total. The Kier molecular flexibility index (Phi) is 2.96. The van der Waals surface area contributed by atoms with Gasteiger partial charge in [-0.1, -0.05) is 36.4 Å². The molecule has 6 heteroatoms. The summed E-state index contributed by atoms with van der Waals surface area (Å²) in [5.74, 6) is -0.273. The summed E-state index contributed by atoms with van der Waals surface area (Å²) in [4.78, 5) is 28.9. The number of hydrogen-bond donors (Lipinski definition) is 1. The first-order chi connectivity index (χ1) is 11.6. The second-order valence-corrected chi connectivity index (χ2v) is 6.03. The van der Waals surface area contributed by atoms with E-state index in [-0.39, 0.29) is 5.91 Å². The minimum absolute atomic E-state index is 0.273. The van der Waals surface area contributed by atoms with E-state index >= 15 is 0 Å². The Balaban J connectivity index is 2.08. The van der Waals surface area contributed by atoms with E-state index < -0.39 is 16.9 Å². The lowest BCUT2D eigenvalue weighted by molar-refractivity contribution is -0.486. The number of nitrogens with zero attached hydrogens (tertiary/aromatic N) is 2. The molecule has 1 aromatic heterocycles. The maximum absolute atomic E-state index is 13.2. The Morgan fingerprint density at radius 2 is 1.83 bits per heavy atom. The topological polar surface area (TPSA) is 79.2 Å². The predicted molar refractivity (Wildman–Crippen MR) is 90.8 cm³/mol. The second kappa shape index (κ2) is 4.92. The van der Waals surface area contributed by atoms with Crippen LogP contribution in [0.4, 0.5) is 5.69 Å². The Labute approximate surface area is 137 Å². The zero-order valence-corrected chi connectivity index (χ0v) is 13.0. The number of aromatic amines is 1. The van der Waals surface area contributed by atoms with Crippen LogP contribution in [0.25, 0.3) is 10.9 Å². The van der Waals surface area contributed by atoms with E-state index in [1.807, 2.05) is 48.5 Å². The average molecular weight is 321 g/mol. The average Bonchev–Trinajstić information content (AvgIpc) is 3.10. The number of amides is 1. The van der Waals surface area contributed by atoms with Gasteiger partial charge in [-0.05, 0) is 12.1 Å². The van der Waals surface area contributed by atoms with Crippen molar-refractivity contribution in [3.63, 3.8) is 0 Å². The molecule has 1 unspecified atom stereocenters. The number of anilines is 1. The number of H-pyrrole nitrogens is 1. The number of carbonyl (C=O) groups is 1. The SMILES string of the molecule is CN1C(=O)C(C[N+](=O)[O-])(c2c[nH]c3ccccc23)c2ccccc21. The van der Waals surface area contributed by atoms with Crippen LogP contribution in [0.2, 0.25) is 0 Å². The maximum Gasteiger partial charge on any atom is 0.248 e. The number of fused-ring (bicyclic) bond motifs is 2. The normalized spacial score (nSPS) is 19.7. The molecular formula is C18H15N3O3. The van der Waals surface area contributed by atoms with Crippen molar-refractivity contribution in [2.75, 3.05) is 18.5 Å². The zero-order chi connectivity index (χ0) is 16.9. The third kappa shape index (κ3) is 1.73. The van der Waals surface area contributed by atoms with Gasteiger partial charge in [0.15, 0.2) is 5.41 Å². The van der Waals surface area contributed by atoms with Gasteiger partial charge in [-0.2, -0.15) is 0 Å². The Hall–Kier alpha value is -3.15. The highest BCUT2D eigenvalue weighted by molar-refractivity contribution is 6.12. The number of aromatic nitrogens is 1. The number of nitrogens with one attached hydrogen (secondary N) is 1. The quantitative estimate of drug-likeness (QED) is 0.595. The van der Waals surface area contributed by atoms with Gasteiger partial charge >= 0.3 is 0 Å². The van der Waals surface area contributed by atoms with E-state index in [9.17, 15) is 14.9 Å². The highest BCUT2D eigenvalue weighted by Crippen LogP contribution is 2.47. The van der Waals surface area contributed by atoms with Crippen LogP contribution < -0.4 is 4.90 Å². The molecule has 0 saturated heterocycles. The van der Waals surface area contributed by atoms with Crippen LogP contribution in [0.15, 0.2) is 54.7 Å². The van der Waals surface area contributed by atoms with Gasteiger partial charge in [0.2, 0.25) is 12.5 Å². The molecule has 0 bridgehead atoms. The Morgan fingerprint density at radius 3 is 2.62 bits per heavy atom. The molecule has 0 aliphatic carbocycles. The summed E-state index contributed by atoms with van der Waals surface area (Å²) in [6, 6.07) is 14.8. The van der Waals surface area contributed by atoms with Gasteiger partial charge in [0, 0.05) is 45.9 Å². The minimum Gasteiger partial charge on any atom is -0.361 e. The summed E-state index contributed by atoms with van der Waals surface area (Å²) in [6.45, 7) is -0.477. The lowest BCUT2D eigenvalue weighted by atomic mass is 9.75. The summed E-state index contributed by atoms with van der Waals surface area (Å²) in [6.07, 6.45) is 1.72. The number of benzene rings is 2. The molecule has 4 rings (SSSR count). The van der Waals surface area contributed by atoms with Gasteiger partial charge in [-0.3, -0.25) is 14.9 Å². The van der Waals surface area contributed by atoms with Crippen molar-refractivity contribution < 1.29 is 9.72 Å². The van der Waals surface area contributed by atoms with Gasteiger partial charge in [0.25, 0.3) is 0 Å². The van der Waals surface area contributed by atoms with Gasteiger partial charge < -0.3 is 9.88 Å². The molecule has 0 radical (unpaired) electrons. The van der Waals surface area contributed by atoms with Gasteiger partial charge in [0.05, 0.1) is 0 Å². The molecular weight excluding hydrogens is 306 g/mol. The molecule has 1 atom stereocenters. The second-order valence-electron chi connectivity index (χ2n) is 6.03. The van der Waals surface area contributed by atoms with Crippen LogP contribution in [-0.4, -0.2) is 29.4 Å². The van der Waals surface area contributed by atoms with E-state index in [0.29, 0.717) is 11.1 Å².